The first kappa shape index (κ1) is 12.2. The van der Waals surface area contributed by atoms with Gasteiger partial charge in [0, 0.05) is 6.04 Å². The predicted octanol–water partition coefficient (Wildman–Crippen LogP) is 4.09. The Kier molecular flexibility index (Phi) is 3.87. The molecule has 1 unspecified atom stereocenters. The molecule has 0 aliphatic heterocycles. The van der Waals surface area contributed by atoms with Crippen molar-refractivity contribution in [3.8, 4) is 0 Å². The molecule has 2 nitrogen and oxygen atoms in total. The van der Waals surface area contributed by atoms with Crippen LogP contribution in [-0.4, -0.2) is 0 Å². The average Bonchev–Trinajstić information content (AvgIpc) is 2.73. The van der Waals surface area contributed by atoms with Gasteiger partial charge in [-0.05, 0) is 43.1 Å². The summed E-state index contributed by atoms with van der Waals surface area (Å²) in [5.74, 6) is 0.856. The van der Waals surface area contributed by atoms with Crippen LogP contribution in [0.2, 0.25) is 5.22 Å². The summed E-state index contributed by atoms with van der Waals surface area (Å²) in [6.07, 6.45) is 0. The lowest BCUT2D eigenvalue weighted by atomic mass is 10.1. The summed E-state index contributed by atoms with van der Waals surface area (Å²) in [4.78, 5) is 0. The second-order valence-electron chi connectivity index (χ2n) is 4.22. The van der Waals surface area contributed by atoms with Crippen LogP contribution in [0, 0.1) is 6.92 Å². The van der Waals surface area contributed by atoms with Gasteiger partial charge >= 0.3 is 0 Å². The Morgan fingerprint density at radius 1 is 1.18 bits per heavy atom. The topological polar surface area (TPSA) is 25.2 Å². The molecule has 0 aliphatic rings. The van der Waals surface area contributed by atoms with Crippen molar-refractivity contribution in [3.05, 3.63) is 58.5 Å². The van der Waals surface area contributed by atoms with Gasteiger partial charge in [-0.2, -0.15) is 0 Å². The minimum absolute atomic E-state index is 0.291. The fourth-order valence-corrected chi connectivity index (χ4v) is 1.84. The van der Waals surface area contributed by atoms with Crippen LogP contribution < -0.4 is 5.32 Å². The number of benzene rings is 1. The number of aryl methyl sites for hydroxylation is 1. The zero-order valence-corrected chi connectivity index (χ0v) is 10.8. The van der Waals surface area contributed by atoms with Crippen LogP contribution in [0.3, 0.4) is 0 Å². The van der Waals surface area contributed by atoms with E-state index in [4.69, 9.17) is 16.0 Å². The highest BCUT2D eigenvalue weighted by molar-refractivity contribution is 6.28. The summed E-state index contributed by atoms with van der Waals surface area (Å²) in [5.41, 5.74) is 2.55. The van der Waals surface area contributed by atoms with Crippen molar-refractivity contribution < 1.29 is 4.42 Å². The average molecular weight is 250 g/mol. The second-order valence-corrected chi connectivity index (χ2v) is 4.59. The lowest BCUT2D eigenvalue weighted by molar-refractivity contribution is 0.461. The van der Waals surface area contributed by atoms with E-state index in [1.165, 1.54) is 11.1 Å². The molecular formula is C14H16ClNO. The highest BCUT2D eigenvalue weighted by atomic mass is 35.5. The summed E-state index contributed by atoms with van der Waals surface area (Å²) >= 11 is 5.72. The highest BCUT2D eigenvalue weighted by Crippen LogP contribution is 2.16. The minimum Gasteiger partial charge on any atom is -0.448 e. The van der Waals surface area contributed by atoms with E-state index in [0.29, 0.717) is 17.8 Å². The zero-order valence-electron chi connectivity index (χ0n) is 10.0. The third kappa shape index (κ3) is 3.35. The van der Waals surface area contributed by atoms with Crippen LogP contribution in [0.25, 0.3) is 0 Å². The van der Waals surface area contributed by atoms with Crippen molar-refractivity contribution in [1.82, 2.24) is 5.32 Å². The second kappa shape index (κ2) is 5.39. The van der Waals surface area contributed by atoms with Crippen molar-refractivity contribution in [3.63, 3.8) is 0 Å². The molecule has 3 heteroatoms. The molecule has 90 valence electrons. The van der Waals surface area contributed by atoms with Crippen molar-refractivity contribution in [2.75, 3.05) is 0 Å². The SMILES string of the molecule is Cc1ccc(C(C)NCc2ccc(Cl)o2)cc1. The van der Waals surface area contributed by atoms with Crippen molar-refractivity contribution >= 4 is 11.6 Å². The number of hydrogen-bond donors (Lipinski definition) is 1. The summed E-state index contributed by atoms with van der Waals surface area (Å²) < 4.78 is 5.29. The molecule has 1 aromatic heterocycles. The van der Waals surface area contributed by atoms with Gasteiger partial charge in [-0.25, -0.2) is 0 Å². The molecule has 0 amide bonds. The Morgan fingerprint density at radius 3 is 2.47 bits per heavy atom. The Bertz CT molecular complexity index is 475. The lowest BCUT2D eigenvalue weighted by Crippen LogP contribution is -2.17. The van der Waals surface area contributed by atoms with E-state index >= 15 is 0 Å². The summed E-state index contributed by atoms with van der Waals surface area (Å²) in [6.45, 7) is 4.91. The molecule has 0 radical (unpaired) electrons. The van der Waals surface area contributed by atoms with E-state index < -0.39 is 0 Å². The number of halogens is 1. The van der Waals surface area contributed by atoms with E-state index in [-0.39, 0.29) is 0 Å². The van der Waals surface area contributed by atoms with Crippen molar-refractivity contribution in [2.45, 2.75) is 26.4 Å². The van der Waals surface area contributed by atoms with E-state index in [0.717, 1.165) is 5.76 Å². The van der Waals surface area contributed by atoms with Crippen LogP contribution in [0.1, 0.15) is 29.9 Å². The van der Waals surface area contributed by atoms with Crippen molar-refractivity contribution in [2.24, 2.45) is 0 Å². The fourth-order valence-electron chi connectivity index (χ4n) is 1.67. The van der Waals surface area contributed by atoms with Gasteiger partial charge in [0.15, 0.2) is 5.22 Å². The number of hydrogen-bond acceptors (Lipinski definition) is 2. The lowest BCUT2D eigenvalue weighted by Gasteiger charge is -2.13. The van der Waals surface area contributed by atoms with Crippen LogP contribution in [0.15, 0.2) is 40.8 Å². The summed E-state index contributed by atoms with van der Waals surface area (Å²) in [5, 5.41) is 3.83. The van der Waals surface area contributed by atoms with Gasteiger partial charge in [0.1, 0.15) is 5.76 Å². The summed E-state index contributed by atoms with van der Waals surface area (Å²) in [7, 11) is 0. The first-order valence-electron chi connectivity index (χ1n) is 5.69. The largest absolute Gasteiger partial charge is 0.448 e. The van der Waals surface area contributed by atoms with Gasteiger partial charge in [0.25, 0.3) is 0 Å². The Morgan fingerprint density at radius 2 is 1.88 bits per heavy atom. The van der Waals surface area contributed by atoms with Gasteiger partial charge in [-0.15, -0.1) is 0 Å². The molecule has 1 N–H and O–H groups in total. The van der Waals surface area contributed by atoms with E-state index in [2.05, 4.69) is 43.4 Å². The van der Waals surface area contributed by atoms with Gasteiger partial charge in [0.05, 0.1) is 6.54 Å². The molecule has 1 heterocycles. The molecule has 0 fully saturated rings. The molecule has 2 aromatic rings. The maximum atomic E-state index is 5.72. The van der Waals surface area contributed by atoms with Crippen LogP contribution >= 0.6 is 11.6 Å². The maximum absolute atomic E-state index is 5.72. The molecule has 0 spiro atoms. The third-order valence-electron chi connectivity index (χ3n) is 2.79. The number of furan rings is 1. The van der Waals surface area contributed by atoms with Gasteiger partial charge < -0.3 is 9.73 Å². The molecule has 1 atom stereocenters. The van der Waals surface area contributed by atoms with Crippen LogP contribution in [-0.2, 0) is 6.54 Å². The highest BCUT2D eigenvalue weighted by Gasteiger charge is 2.06. The molecular weight excluding hydrogens is 234 g/mol. The standard InChI is InChI=1S/C14H16ClNO/c1-10-3-5-12(6-4-10)11(2)16-9-13-7-8-14(15)17-13/h3-8,11,16H,9H2,1-2H3. The fraction of sp³-hybridized carbons (Fsp3) is 0.286. The minimum atomic E-state index is 0.291. The maximum Gasteiger partial charge on any atom is 0.193 e. The van der Waals surface area contributed by atoms with Crippen LogP contribution in [0.4, 0.5) is 0 Å². The molecule has 0 saturated heterocycles. The number of nitrogens with one attached hydrogen (secondary N) is 1. The molecule has 0 bridgehead atoms. The first-order chi connectivity index (χ1) is 8.15. The van der Waals surface area contributed by atoms with Gasteiger partial charge in [-0.3, -0.25) is 0 Å². The molecule has 1 aromatic carbocycles. The van der Waals surface area contributed by atoms with E-state index in [1.54, 1.807) is 6.07 Å². The van der Waals surface area contributed by atoms with Gasteiger partial charge in [-0.1, -0.05) is 29.8 Å². The predicted molar refractivity (Wildman–Crippen MR) is 70.2 cm³/mol. The van der Waals surface area contributed by atoms with E-state index in [9.17, 15) is 0 Å². The molecule has 17 heavy (non-hydrogen) atoms. The Balaban J connectivity index is 1.93. The molecule has 0 aliphatic carbocycles. The number of rotatable bonds is 4. The van der Waals surface area contributed by atoms with Gasteiger partial charge in [0.2, 0.25) is 0 Å². The monoisotopic (exact) mass is 249 g/mol. The normalized spacial score (nSPS) is 12.6. The van der Waals surface area contributed by atoms with Crippen molar-refractivity contribution in [1.29, 1.82) is 0 Å². The smallest absolute Gasteiger partial charge is 0.193 e. The quantitative estimate of drug-likeness (QED) is 0.883. The Hall–Kier alpha value is -1.25. The first-order valence-corrected chi connectivity index (χ1v) is 6.07. The molecule has 2 rings (SSSR count). The third-order valence-corrected chi connectivity index (χ3v) is 2.99. The van der Waals surface area contributed by atoms with E-state index in [1.807, 2.05) is 6.07 Å². The Labute approximate surface area is 107 Å². The zero-order chi connectivity index (χ0) is 12.3. The molecule has 0 saturated carbocycles. The van der Waals surface area contributed by atoms with Crippen LogP contribution in [0.5, 0.6) is 0 Å². The summed E-state index contributed by atoms with van der Waals surface area (Å²) in [6, 6.07) is 12.5.